The second-order valence-corrected chi connectivity index (χ2v) is 11.6. The van der Waals surface area contributed by atoms with Crippen LogP contribution in [0.3, 0.4) is 0 Å². The SMILES string of the molecule is CC(C)(C)OC(=O)N1C[C@@H]2[C@H](C1)[C@@]2(C#N)c1ccc(-c2ccc(N3C[C@H](Cn4ccnn4)OC3=O)cc2F)cc1. The van der Waals surface area contributed by atoms with Crippen LogP contribution in [0.2, 0.25) is 0 Å². The third-order valence-electron chi connectivity index (χ3n) is 7.89. The van der Waals surface area contributed by atoms with Gasteiger partial charge in [0.2, 0.25) is 0 Å². The van der Waals surface area contributed by atoms with Gasteiger partial charge in [0, 0.05) is 36.7 Å². The molecule has 2 saturated heterocycles. The fourth-order valence-electron chi connectivity index (χ4n) is 5.96. The van der Waals surface area contributed by atoms with Gasteiger partial charge >= 0.3 is 12.2 Å². The molecule has 4 atom stereocenters. The summed E-state index contributed by atoms with van der Waals surface area (Å²) in [7, 11) is 0. The summed E-state index contributed by atoms with van der Waals surface area (Å²) in [5, 5.41) is 17.7. The van der Waals surface area contributed by atoms with Crippen LogP contribution in [0.1, 0.15) is 26.3 Å². The molecule has 1 aliphatic carbocycles. The van der Waals surface area contributed by atoms with Crippen molar-refractivity contribution in [2.75, 3.05) is 24.5 Å². The van der Waals surface area contributed by atoms with Gasteiger partial charge in [0.15, 0.2) is 0 Å². The molecule has 6 rings (SSSR count). The van der Waals surface area contributed by atoms with Gasteiger partial charge in [-0.05, 0) is 50.1 Å². The Balaban J connectivity index is 1.13. The lowest BCUT2D eigenvalue weighted by molar-refractivity contribution is 0.0266. The fourth-order valence-corrected chi connectivity index (χ4v) is 5.96. The third kappa shape index (κ3) is 4.43. The van der Waals surface area contributed by atoms with Crippen molar-refractivity contribution in [1.82, 2.24) is 19.9 Å². The lowest BCUT2D eigenvalue weighted by atomic mass is 9.90. The highest BCUT2D eigenvalue weighted by atomic mass is 19.1. The first-order valence-corrected chi connectivity index (χ1v) is 13.2. The molecule has 0 bridgehead atoms. The summed E-state index contributed by atoms with van der Waals surface area (Å²) in [4.78, 5) is 28.0. The molecule has 2 aliphatic heterocycles. The second-order valence-electron chi connectivity index (χ2n) is 11.6. The van der Waals surface area contributed by atoms with Crippen molar-refractivity contribution in [2.45, 2.75) is 44.4 Å². The molecular weight excluding hydrogens is 515 g/mol. The summed E-state index contributed by atoms with van der Waals surface area (Å²) in [6, 6.07) is 14.5. The summed E-state index contributed by atoms with van der Waals surface area (Å²) in [6.07, 6.45) is 1.92. The van der Waals surface area contributed by atoms with Crippen LogP contribution >= 0.6 is 0 Å². The Kier molecular flexibility index (Phi) is 6.02. The Morgan fingerprint density at radius 1 is 1.18 bits per heavy atom. The zero-order valence-electron chi connectivity index (χ0n) is 22.5. The van der Waals surface area contributed by atoms with E-state index in [4.69, 9.17) is 9.47 Å². The minimum Gasteiger partial charge on any atom is -0.444 e. The maximum atomic E-state index is 15.3. The number of carbonyl (C=O) groups is 2. The molecule has 206 valence electrons. The van der Waals surface area contributed by atoms with Gasteiger partial charge in [0.25, 0.3) is 0 Å². The molecule has 10 nitrogen and oxygen atoms in total. The number of fused-ring (bicyclic) bond motifs is 1. The second kappa shape index (κ2) is 9.33. The van der Waals surface area contributed by atoms with Crippen molar-refractivity contribution in [3.8, 4) is 17.2 Å². The molecule has 2 amide bonds. The molecule has 1 saturated carbocycles. The molecule has 3 aliphatic rings. The van der Waals surface area contributed by atoms with E-state index in [1.807, 2.05) is 45.0 Å². The number of halogens is 1. The lowest BCUT2D eigenvalue weighted by Gasteiger charge is -2.27. The first-order chi connectivity index (χ1) is 19.1. The summed E-state index contributed by atoms with van der Waals surface area (Å²) in [5.41, 5.74) is 1.10. The quantitative estimate of drug-likeness (QED) is 0.469. The van der Waals surface area contributed by atoms with Crippen molar-refractivity contribution < 1.29 is 23.5 Å². The van der Waals surface area contributed by atoms with Crippen LogP contribution in [0.25, 0.3) is 11.1 Å². The molecule has 3 fully saturated rings. The monoisotopic (exact) mass is 544 g/mol. The molecular formula is C29H29FN6O4. The number of likely N-dealkylation sites (tertiary alicyclic amines) is 1. The average Bonchev–Trinajstić information content (AvgIpc) is 3.41. The number of hydrogen-bond acceptors (Lipinski definition) is 7. The number of ether oxygens (including phenoxy) is 2. The lowest BCUT2D eigenvalue weighted by Crippen LogP contribution is -2.38. The van der Waals surface area contributed by atoms with E-state index in [2.05, 4.69) is 16.4 Å². The largest absolute Gasteiger partial charge is 0.444 e. The van der Waals surface area contributed by atoms with Crippen LogP contribution in [0, 0.1) is 29.0 Å². The Labute approximate surface area is 230 Å². The van der Waals surface area contributed by atoms with E-state index < -0.39 is 29.0 Å². The highest BCUT2D eigenvalue weighted by Crippen LogP contribution is 2.63. The number of cyclic esters (lactones) is 1. The Bertz CT molecular complexity index is 1480. The van der Waals surface area contributed by atoms with Gasteiger partial charge in [0.05, 0.1) is 36.5 Å². The molecule has 1 aromatic heterocycles. The number of aromatic nitrogens is 3. The summed E-state index contributed by atoms with van der Waals surface area (Å²) in [6.45, 7) is 7.08. The van der Waals surface area contributed by atoms with E-state index in [1.165, 1.54) is 11.0 Å². The molecule has 0 unspecified atom stereocenters. The van der Waals surface area contributed by atoms with Gasteiger partial charge < -0.3 is 14.4 Å². The topological polar surface area (TPSA) is 114 Å². The molecule has 11 heteroatoms. The van der Waals surface area contributed by atoms with Crippen LogP contribution in [0.15, 0.2) is 54.9 Å². The zero-order chi connectivity index (χ0) is 28.2. The summed E-state index contributed by atoms with van der Waals surface area (Å²) < 4.78 is 27.7. The van der Waals surface area contributed by atoms with Crippen molar-refractivity contribution in [3.05, 3.63) is 66.2 Å². The van der Waals surface area contributed by atoms with Crippen LogP contribution in [-0.2, 0) is 21.4 Å². The maximum Gasteiger partial charge on any atom is 0.414 e. The molecule has 0 N–H and O–H groups in total. The number of benzene rings is 2. The number of anilines is 1. The van der Waals surface area contributed by atoms with E-state index in [1.54, 1.807) is 34.1 Å². The van der Waals surface area contributed by atoms with E-state index in [0.717, 1.165) is 5.56 Å². The predicted octanol–water partition coefficient (Wildman–Crippen LogP) is 4.37. The molecule has 0 spiro atoms. The predicted molar refractivity (Wildman–Crippen MR) is 142 cm³/mol. The Hall–Kier alpha value is -4.46. The Morgan fingerprint density at radius 2 is 1.90 bits per heavy atom. The van der Waals surface area contributed by atoms with Gasteiger partial charge in [-0.25, -0.2) is 18.7 Å². The number of amides is 2. The fraction of sp³-hybridized carbons (Fsp3) is 0.414. The number of nitrogens with zero attached hydrogens (tertiary/aromatic N) is 6. The van der Waals surface area contributed by atoms with E-state index >= 15 is 4.39 Å². The number of piperidine rings is 1. The van der Waals surface area contributed by atoms with Crippen molar-refractivity contribution in [3.63, 3.8) is 0 Å². The van der Waals surface area contributed by atoms with Crippen molar-refractivity contribution >= 4 is 17.9 Å². The summed E-state index contributed by atoms with van der Waals surface area (Å²) in [5.74, 6) is -0.384. The standard InChI is InChI=1S/C29H29FN6O4/c1-28(2,3)40-26(37)34-15-23-24(16-34)29(23,17-31)19-6-4-18(5-7-19)22-9-8-20(12-25(22)30)36-14-21(39-27(36)38)13-35-11-10-32-33-35/h4-12,21,23-24H,13-16H2,1-3H3/t21-,23-,24+,29+/m0/s1. The number of hydrogen-bond donors (Lipinski definition) is 0. The van der Waals surface area contributed by atoms with Gasteiger partial charge in [-0.2, -0.15) is 5.26 Å². The van der Waals surface area contributed by atoms with Gasteiger partial charge in [-0.15, -0.1) is 5.10 Å². The van der Waals surface area contributed by atoms with Crippen LogP contribution in [0.5, 0.6) is 0 Å². The van der Waals surface area contributed by atoms with Crippen LogP contribution in [-0.4, -0.2) is 63.4 Å². The highest BCUT2D eigenvalue weighted by molar-refractivity contribution is 5.90. The number of carbonyl (C=O) groups excluding carboxylic acids is 2. The smallest absolute Gasteiger partial charge is 0.414 e. The molecule has 40 heavy (non-hydrogen) atoms. The minimum atomic E-state index is -0.654. The normalized spacial score (nSPS) is 25.4. The van der Waals surface area contributed by atoms with E-state index in [-0.39, 0.29) is 24.5 Å². The van der Waals surface area contributed by atoms with Gasteiger partial charge in [-0.3, -0.25) is 4.90 Å². The molecule has 0 radical (unpaired) electrons. The number of nitriles is 1. The molecule has 3 heterocycles. The summed E-state index contributed by atoms with van der Waals surface area (Å²) >= 11 is 0. The molecule has 2 aromatic carbocycles. The molecule has 3 aromatic rings. The van der Waals surface area contributed by atoms with Gasteiger partial charge in [-0.1, -0.05) is 29.5 Å². The van der Waals surface area contributed by atoms with Crippen LogP contribution < -0.4 is 4.90 Å². The minimum absolute atomic E-state index is 0.0421. The van der Waals surface area contributed by atoms with E-state index in [9.17, 15) is 14.9 Å². The van der Waals surface area contributed by atoms with E-state index in [0.29, 0.717) is 36.4 Å². The van der Waals surface area contributed by atoms with Crippen molar-refractivity contribution in [2.24, 2.45) is 11.8 Å². The third-order valence-corrected chi connectivity index (χ3v) is 7.89. The zero-order valence-corrected chi connectivity index (χ0v) is 22.5. The van der Waals surface area contributed by atoms with Crippen molar-refractivity contribution in [1.29, 1.82) is 5.26 Å². The first kappa shape index (κ1) is 25.8. The first-order valence-electron chi connectivity index (χ1n) is 13.2. The van der Waals surface area contributed by atoms with Gasteiger partial charge in [0.1, 0.15) is 17.5 Å². The maximum absolute atomic E-state index is 15.3. The Morgan fingerprint density at radius 3 is 2.50 bits per heavy atom. The average molecular weight is 545 g/mol. The number of rotatable bonds is 5. The highest BCUT2D eigenvalue weighted by Gasteiger charge is 2.70. The van der Waals surface area contributed by atoms with Crippen LogP contribution in [0.4, 0.5) is 19.7 Å².